The van der Waals surface area contributed by atoms with E-state index in [1.165, 1.54) is 11.0 Å². The van der Waals surface area contributed by atoms with Crippen molar-refractivity contribution in [2.24, 2.45) is 5.73 Å². The van der Waals surface area contributed by atoms with Crippen LogP contribution >= 0.6 is 0 Å². The summed E-state index contributed by atoms with van der Waals surface area (Å²) in [5.74, 6) is -1.30. The first-order chi connectivity index (χ1) is 12.3. The van der Waals surface area contributed by atoms with Crippen LogP contribution in [-0.2, 0) is 26.0 Å². The van der Waals surface area contributed by atoms with Gasteiger partial charge in [-0.05, 0) is 37.9 Å². The van der Waals surface area contributed by atoms with Crippen LogP contribution in [0.1, 0.15) is 41.6 Å². The van der Waals surface area contributed by atoms with E-state index in [0.717, 1.165) is 0 Å². The Bertz CT molecular complexity index is 865. The molecule has 26 heavy (non-hydrogen) atoms. The molecule has 3 rings (SSSR count). The molecule has 1 fully saturated rings. The molecule has 0 radical (unpaired) electrons. The van der Waals surface area contributed by atoms with Gasteiger partial charge in [-0.15, -0.1) is 0 Å². The second-order valence-corrected chi connectivity index (χ2v) is 8.57. The van der Waals surface area contributed by atoms with Crippen molar-refractivity contribution >= 4 is 27.6 Å². The number of hydrogen-bond acceptors (Lipinski definition) is 6. The maximum Gasteiger partial charge on any atom is 0.255 e. The number of rotatable bonds is 6. The summed E-state index contributed by atoms with van der Waals surface area (Å²) in [5, 5.41) is 2.23. The Kier molecular flexibility index (Phi) is 5.10. The summed E-state index contributed by atoms with van der Waals surface area (Å²) < 4.78 is 25.3. The largest absolute Gasteiger partial charge is 0.330 e. The molecule has 1 aromatic carbocycles. The van der Waals surface area contributed by atoms with Gasteiger partial charge in [-0.3, -0.25) is 19.7 Å². The van der Waals surface area contributed by atoms with Crippen LogP contribution in [0.2, 0.25) is 0 Å². The second-order valence-electron chi connectivity index (χ2n) is 6.50. The van der Waals surface area contributed by atoms with Gasteiger partial charge >= 0.3 is 0 Å². The van der Waals surface area contributed by atoms with Crippen LogP contribution in [-0.4, -0.2) is 49.4 Å². The molecule has 0 spiro atoms. The summed E-state index contributed by atoms with van der Waals surface area (Å²) >= 11 is 0. The van der Waals surface area contributed by atoms with Gasteiger partial charge in [0.25, 0.3) is 5.91 Å². The number of fused-ring (bicyclic) bond motifs is 1. The van der Waals surface area contributed by atoms with Gasteiger partial charge in [-0.2, -0.15) is 0 Å². The SMILES string of the molecule is NCCCCS(=O)(=O)c1cccc2c1CN(C1CCC(=O)NC1=O)C2=O. The lowest BCUT2D eigenvalue weighted by Gasteiger charge is -2.29. The first kappa shape index (κ1) is 18.5. The Balaban J connectivity index is 1.88. The Morgan fingerprint density at radius 3 is 2.65 bits per heavy atom. The van der Waals surface area contributed by atoms with Crippen LogP contribution in [0.3, 0.4) is 0 Å². The highest BCUT2D eigenvalue weighted by atomic mass is 32.2. The molecule has 1 aromatic rings. The normalized spacial score (nSPS) is 20.3. The average molecular weight is 379 g/mol. The molecule has 3 amide bonds. The Hall–Kier alpha value is -2.26. The molecule has 0 aromatic heterocycles. The number of nitrogens with zero attached hydrogens (tertiary/aromatic N) is 1. The molecular formula is C17H21N3O5S. The van der Waals surface area contributed by atoms with Crippen molar-refractivity contribution in [3.63, 3.8) is 0 Å². The van der Waals surface area contributed by atoms with Crippen LogP contribution < -0.4 is 11.1 Å². The third kappa shape index (κ3) is 3.36. The number of unbranched alkanes of at least 4 members (excludes halogenated alkanes) is 1. The topological polar surface area (TPSA) is 127 Å². The van der Waals surface area contributed by atoms with Crippen molar-refractivity contribution in [3.8, 4) is 0 Å². The van der Waals surface area contributed by atoms with E-state index >= 15 is 0 Å². The lowest BCUT2D eigenvalue weighted by molar-refractivity contribution is -0.136. The van der Waals surface area contributed by atoms with Crippen molar-refractivity contribution in [2.75, 3.05) is 12.3 Å². The van der Waals surface area contributed by atoms with E-state index in [2.05, 4.69) is 5.32 Å². The van der Waals surface area contributed by atoms with Crippen molar-refractivity contribution in [1.29, 1.82) is 0 Å². The van der Waals surface area contributed by atoms with E-state index in [1.807, 2.05) is 0 Å². The zero-order valence-corrected chi connectivity index (χ0v) is 15.0. The highest BCUT2D eigenvalue weighted by Crippen LogP contribution is 2.32. The summed E-state index contributed by atoms with van der Waals surface area (Å²) in [5.41, 5.74) is 6.15. The van der Waals surface area contributed by atoms with Gasteiger partial charge in [0, 0.05) is 24.1 Å². The van der Waals surface area contributed by atoms with Gasteiger partial charge in [0.2, 0.25) is 11.8 Å². The number of sulfone groups is 1. The third-order valence-corrected chi connectivity index (χ3v) is 6.62. The lowest BCUT2D eigenvalue weighted by Crippen LogP contribution is -2.52. The predicted octanol–water partition coefficient (Wildman–Crippen LogP) is -0.0398. The second kappa shape index (κ2) is 7.16. The molecule has 0 saturated carbocycles. The predicted molar refractivity (Wildman–Crippen MR) is 92.8 cm³/mol. The molecule has 1 saturated heterocycles. The maximum absolute atomic E-state index is 12.7. The van der Waals surface area contributed by atoms with Crippen LogP contribution in [0.5, 0.6) is 0 Å². The molecule has 2 aliphatic rings. The summed E-state index contributed by atoms with van der Waals surface area (Å²) in [6, 6.07) is 3.85. The van der Waals surface area contributed by atoms with E-state index in [1.54, 1.807) is 12.1 Å². The number of amides is 3. The molecule has 1 atom stereocenters. The highest BCUT2D eigenvalue weighted by Gasteiger charge is 2.40. The van der Waals surface area contributed by atoms with Crippen molar-refractivity contribution < 1.29 is 22.8 Å². The molecule has 8 nitrogen and oxygen atoms in total. The van der Waals surface area contributed by atoms with Gasteiger partial charge in [-0.1, -0.05) is 6.07 Å². The van der Waals surface area contributed by atoms with Crippen molar-refractivity contribution in [1.82, 2.24) is 10.2 Å². The molecule has 2 aliphatic heterocycles. The smallest absolute Gasteiger partial charge is 0.255 e. The van der Waals surface area contributed by atoms with Crippen molar-refractivity contribution in [2.45, 2.75) is 43.2 Å². The van der Waals surface area contributed by atoms with Gasteiger partial charge in [0.15, 0.2) is 9.84 Å². The highest BCUT2D eigenvalue weighted by molar-refractivity contribution is 7.91. The Labute approximate surface area is 151 Å². The number of carbonyl (C=O) groups excluding carboxylic acids is 3. The first-order valence-electron chi connectivity index (χ1n) is 8.54. The molecular weight excluding hydrogens is 358 g/mol. The van der Waals surface area contributed by atoms with Crippen LogP contribution in [0, 0.1) is 0 Å². The van der Waals surface area contributed by atoms with Crippen molar-refractivity contribution in [3.05, 3.63) is 29.3 Å². The number of nitrogens with one attached hydrogen (secondary N) is 1. The molecule has 2 heterocycles. The molecule has 1 unspecified atom stereocenters. The lowest BCUT2D eigenvalue weighted by atomic mass is 10.0. The monoisotopic (exact) mass is 379 g/mol. The first-order valence-corrected chi connectivity index (χ1v) is 10.2. The molecule has 0 bridgehead atoms. The number of imide groups is 1. The van der Waals surface area contributed by atoms with Crippen LogP contribution in [0.4, 0.5) is 0 Å². The third-order valence-electron chi connectivity index (χ3n) is 4.74. The van der Waals surface area contributed by atoms with Gasteiger partial charge in [-0.25, -0.2) is 8.42 Å². The van der Waals surface area contributed by atoms with Gasteiger partial charge in [0.05, 0.1) is 10.6 Å². The minimum Gasteiger partial charge on any atom is -0.330 e. The number of nitrogens with two attached hydrogens (primary N) is 1. The number of carbonyl (C=O) groups is 3. The fourth-order valence-corrected chi connectivity index (χ4v) is 5.03. The summed E-state index contributed by atoms with van der Waals surface area (Å²) in [6.45, 7) is 0.469. The standard InChI is InChI=1S/C17H21N3O5S/c18-8-1-2-9-26(24,25)14-5-3-4-11-12(14)10-20(17(11)23)13-6-7-15(21)19-16(13)22/h3-5,13H,1-2,6-10,18H2,(H,19,21,22). The van der Waals surface area contributed by atoms with Crippen LogP contribution in [0.15, 0.2) is 23.1 Å². The number of hydrogen-bond donors (Lipinski definition) is 2. The fourth-order valence-electron chi connectivity index (χ4n) is 3.39. The zero-order chi connectivity index (χ0) is 18.9. The molecule has 3 N–H and O–H groups in total. The van der Waals surface area contributed by atoms with Gasteiger partial charge in [0.1, 0.15) is 6.04 Å². The summed E-state index contributed by atoms with van der Waals surface area (Å²) in [6.07, 6.45) is 1.45. The summed E-state index contributed by atoms with van der Waals surface area (Å²) in [4.78, 5) is 37.6. The van der Waals surface area contributed by atoms with E-state index in [0.29, 0.717) is 30.5 Å². The molecule has 140 valence electrons. The average Bonchev–Trinajstić information content (AvgIpc) is 2.92. The maximum atomic E-state index is 12.7. The van der Waals surface area contributed by atoms with E-state index in [4.69, 9.17) is 5.73 Å². The van der Waals surface area contributed by atoms with Crippen LogP contribution in [0.25, 0.3) is 0 Å². The molecule has 9 heteroatoms. The Morgan fingerprint density at radius 2 is 1.96 bits per heavy atom. The van der Waals surface area contributed by atoms with E-state index < -0.39 is 21.8 Å². The minimum atomic E-state index is -3.55. The quantitative estimate of drug-likeness (QED) is 0.527. The van der Waals surface area contributed by atoms with Gasteiger partial charge < -0.3 is 10.6 Å². The van der Waals surface area contributed by atoms with E-state index in [-0.39, 0.29) is 41.8 Å². The fraction of sp³-hybridized carbons (Fsp3) is 0.471. The van der Waals surface area contributed by atoms with E-state index in [9.17, 15) is 22.8 Å². The number of benzene rings is 1. The minimum absolute atomic E-state index is 0.0345. The Morgan fingerprint density at radius 1 is 1.19 bits per heavy atom. The zero-order valence-electron chi connectivity index (χ0n) is 14.2. The summed E-state index contributed by atoms with van der Waals surface area (Å²) in [7, 11) is -3.55. The molecule has 0 aliphatic carbocycles. The number of piperidine rings is 1.